The Labute approximate surface area is 208 Å². The van der Waals surface area contributed by atoms with E-state index in [1.807, 2.05) is 0 Å². The number of nitrogens with zero attached hydrogens (tertiary/aromatic N) is 1. The molecule has 0 spiro atoms. The Kier molecular flexibility index (Phi) is 7.07. The maximum absolute atomic E-state index is 13.6. The molecule has 4 rings (SSSR count). The summed E-state index contributed by atoms with van der Waals surface area (Å²) in [6.07, 6.45) is 1.45. The van der Waals surface area contributed by atoms with Gasteiger partial charge in [0, 0.05) is 24.1 Å². The normalized spacial score (nSPS) is 11.3. The highest BCUT2D eigenvalue weighted by atomic mass is 32.2. The molecular formula is C26H25NO8S. The molecule has 0 amide bonds. The molecule has 0 bridgehead atoms. The molecule has 10 heteroatoms. The molecule has 0 fully saturated rings. The average molecular weight is 512 g/mol. The van der Waals surface area contributed by atoms with Crippen LogP contribution in [0, 0.1) is 0 Å². The first-order chi connectivity index (χ1) is 17.3. The number of methoxy groups -OCH3 is 3. The lowest BCUT2D eigenvalue weighted by Crippen LogP contribution is -2.12. The summed E-state index contributed by atoms with van der Waals surface area (Å²) in [7, 11) is 0.481. The van der Waals surface area contributed by atoms with Crippen molar-refractivity contribution in [3.05, 3.63) is 72.4 Å². The predicted octanol–water partition coefficient (Wildman–Crippen LogP) is 4.71. The van der Waals surface area contributed by atoms with Crippen LogP contribution in [0.15, 0.2) is 71.8 Å². The zero-order chi connectivity index (χ0) is 25.9. The molecule has 0 saturated carbocycles. The molecule has 0 unspecified atom stereocenters. The second kappa shape index (κ2) is 10.2. The lowest BCUT2D eigenvalue weighted by Gasteiger charge is -2.11. The number of hydrogen-bond donors (Lipinski definition) is 1. The third-order valence-corrected chi connectivity index (χ3v) is 7.33. The van der Waals surface area contributed by atoms with Crippen molar-refractivity contribution in [1.82, 2.24) is 3.97 Å². The number of aromatic nitrogens is 1. The van der Waals surface area contributed by atoms with E-state index in [9.17, 15) is 13.2 Å². The van der Waals surface area contributed by atoms with Crippen molar-refractivity contribution >= 4 is 26.9 Å². The second-order valence-electron chi connectivity index (χ2n) is 7.82. The van der Waals surface area contributed by atoms with Gasteiger partial charge in [-0.1, -0.05) is 0 Å². The van der Waals surface area contributed by atoms with Crippen molar-refractivity contribution in [1.29, 1.82) is 0 Å². The van der Waals surface area contributed by atoms with E-state index in [1.165, 1.54) is 32.5 Å². The lowest BCUT2D eigenvalue weighted by molar-refractivity contribution is -0.136. The van der Waals surface area contributed by atoms with Gasteiger partial charge in [0.15, 0.2) is 11.5 Å². The van der Waals surface area contributed by atoms with Crippen LogP contribution in [0.3, 0.4) is 0 Å². The van der Waals surface area contributed by atoms with Gasteiger partial charge >= 0.3 is 5.97 Å². The number of aryl methyl sites for hydroxylation is 1. The van der Waals surface area contributed by atoms with Gasteiger partial charge < -0.3 is 24.1 Å². The topological polar surface area (TPSA) is 113 Å². The zero-order valence-corrected chi connectivity index (χ0v) is 20.7. The van der Waals surface area contributed by atoms with Gasteiger partial charge in [-0.25, -0.2) is 12.4 Å². The Balaban J connectivity index is 1.72. The van der Waals surface area contributed by atoms with Gasteiger partial charge in [-0.15, -0.1) is 0 Å². The summed E-state index contributed by atoms with van der Waals surface area (Å²) in [5.41, 5.74) is 0.919. The molecule has 0 atom stereocenters. The predicted molar refractivity (Wildman–Crippen MR) is 133 cm³/mol. The molecule has 0 aliphatic heterocycles. The van der Waals surface area contributed by atoms with Crippen molar-refractivity contribution < 1.29 is 37.3 Å². The van der Waals surface area contributed by atoms with Crippen LogP contribution in [0.4, 0.5) is 0 Å². The Morgan fingerprint density at radius 2 is 1.39 bits per heavy atom. The molecule has 0 saturated heterocycles. The maximum atomic E-state index is 13.6. The minimum absolute atomic E-state index is 0.0426. The number of aliphatic carboxylic acids is 1. The highest BCUT2D eigenvalue weighted by Gasteiger charge is 2.23. The largest absolute Gasteiger partial charge is 0.497 e. The second-order valence-corrected chi connectivity index (χ2v) is 9.64. The van der Waals surface area contributed by atoms with Crippen LogP contribution >= 0.6 is 0 Å². The van der Waals surface area contributed by atoms with Gasteiger partial charge in [0.05, 0.1) is 31.7 Å². The summed E-state index contributed by atoms with van der Waals surface area (Å²) in [6, 6.07) is 16.3. The maximum Gasteiger partial charge on any atom is 0.303 e. The summed E-state index contributed by atoms with van der Waals surface area (Å²) in [5.74, 6) is 1.52. The molecule has 9 nitrogen and oxygen atoms in total. The number of benzene rings is 3. The number of rotatable bonds is 10. The molecule has 188 valence electrons. The SMILES string of the molecule is COc1ccc(Oc2ccc(S(=O)(=O)n3cc(CCC(=O)O)c4cc(OC)c(OC)cc43)cc2)cc1. The number of carboxylic acid groups (broad SMARTS) is 1. The van der Waals surface area contributed by atoms with E-state index in [-0.39, 0.29) is 17.7 Å². The van der Waals surface area contributed by atoms with Gasteiger partial charge in [0.25, 0.3) is 10.0 Å². The van der Waals surface area contributed by atoms with E-state index in [2.05, 4.69) is 0 Å². The molecule has 1 N–H and O–H groups in total. The standard InChI is InChI=1S/C26H25NO8S/c1-32-18-5-7-19(8-6-18)35-20-9-11-21(12-10-20)36(30,31)27-16-17(4-13-26(28)29)22-14-24(33-2)25(34-3)15-23(22)27/h5-12,14-16H,4,13H2,1-3H3,(H,28,29). The first-order valence-corrected chi connectivity index (χ1v) is 12.4. The van der Waals surface area contributed by atoms with E-state index < -0.39 is 16.0 Å². The minimum atomic E-state index is -4.03. The zero-order valence-electron chi connectivity index (χ0n) is 19.9. The fraction of sp³-hybridized carbons (Fsp3) is 0.192. The summed E-state index contributed by atoms with van der Waals surface area (Å²) >= 11 is 0. The van der Waals surface area contributed by atoms with Gasteiger partial charge in [-0.3, -0.25) is 4.79 Å². The van der Waals surface area contributed by atoms with E-state index in [0.717, 1.165) is 3.97 Å². The molecule has 1 aromatic heterocycles. The quantitative estimate of drug-likeness (QED) is 0.326. The van der Waals surface area contributed by atoms with Gasteiger partial charge in [0.2, 0.25) is 0 Å². The third kappa shape index (κ3) is 4.94. The number of ether oxygens (including phenoxy) is 4. The van der Waals surface area contributed by atoms with Crippen molar-refractivity contribution in [3.63, 3.8) is 0 Å². The van der Waals surface area contributed by atoms with Crippen molar-refractivity contribution in [3.8, 4) is 28.7 Å². The van der Waals surface area contributed by atoms with Crippen LogP contribution in [0.2, 0.25) is 0 Å². The molecule has 36 heavy (non-hydrogen) atoms. The molecule has 1 heterocycles. The highest BCUT2D eigenvalue weighted by molar-refractivity contribution is 7.90. The van der Waals surface area contributed by atoms with Crippen molar-refractivity contribution in [2.24, 2.45) is 0 Å². The number of carbonyl (C=O) groups is 1. The first kappa shape index (κ1) is 24.9. The summed E-state index contributed by atoms with van der Waals surface area (Å²) in [5, 5.41) is 9.71. The number of fused-ring (bicyclic) bond motifs is 1. The Hall–Kier alpha value is -4.18. The van der Waals surface area contributed by atoms with E-state index in [4.69, 9.17) is 24.1 Å². The summed E-state index contributed by atoms with van der Waals surface area (Å²) in [4.78, 5) is 11.2. The van der Waals surface area contributed by atoms with Crippen LogP contribution < -0.4 is 18.9 Å². The van der Waals surface area contributed by atoms with Crippen LogP contribution in [0.1, 0.15) is 12.0 Å². The summed E-state index contributed by atoms with van der Waals surface area (Å²) in [6.45, 7) is 0. The van der Waals surface area contributed by atoms with Gasteiger partial charge in [-0.2, -0.15) is 0 Å². The van der Waals surface area contributed by atoms with Gasteiger partial charge in [-0.05, 0) is 66.6 Å². The number of carboxylic acids is 1. The van der Waals surface area contributed by atoms with Crippen LogP contribution in [0.5, 0.6) is 28.7 Å². The summed E-state index contributed by atoms with van der Waals surface area (Å²) < 4.78 is 50.0. The first-order valence-electron chi connectivity index (χ1n) is 10.9. The Bertz CT molecular complexity index is 1490. The van der Waals surface area contributed by atoms with Crippen LogP contribution in [0.25, 0.3) is 10.9 Å². The molecular weight excluding hydrogens is 486 g/mol. The Morgan fingerprint density at radius 3 is 1.94 bits per heavy atom. The number of hydrogen-bond acceptors (Lipinski definition) is 7. The average Bonchev–Trinajstić information content (AvgIpc) is 3.25. The van der Waals surface area contributed by atoms with Crippen molar-refractivity contribution in [2.75, 3.05) is 21.3 Å². The molecule has 3 aromatic carbocycles. The van der Waals surface area contributed by atoms with Gasteiger partial charge in [0.1, 0.15) is 17.2 Å². The van der Waals surface area contributed by atoms with E-state index >= 15 is 0 Å². The molecule has 4 aromatic rings. The fourth-order valence-corrected chi connectivity index (χ4v) is 5.18. The third-order valence-electron chi connectivity index (χ3n) is 5.64. The molecule has 0 aliphatic carbocycles. The highest BCUT2D eigenvalue weighted by Crippen LogP contribution is 2.37. The fourth-order valence-electron chi connectivity index (χ4n) is 3.80. The molecule has 0 aliphatic rings. The van der Waals surface area contributed by atoms with E-state index in [0.29, 0.717) is 45.2 Å². The van der Waals surface area contributed by atoms with Crippen molar-refractivity contribution in [2.45, 2.75) is 17.7 Å². The Morgan fingerprint density at radius 1 is 0.833 bits per heavy atom. The van der Waals surface area contributed by atoms with Crippen LogP contribution in [-0.2, 0) is 21.2 Å². The smallest absolute Gasteiger partial charge is 0.303 e. The molecule has 0 radical (unpaired) electrons. The monoisotopic (exact) mass is 511 g/mol. The lowest BCUT2D eigenvalue weighted by atomic mass is 10.1. The van der Waals surface area contributed by atoms with E-state index in [1.54, 1.807) is 55.6 Å². The van der Waals surface area contributed by atoms with Crippen LogP contribution in [-0.4, -0.2) is 44.8 Å². The minimum Gasteiger partial charge on any atom is -0.497 e.